The van der Waals surface area contributed by atoms with Crippen LogP contribution in [0.5, 0.6) is 0 Å². The van der Waals surface area contributed by atoms with Gasteiger partial charge in [0.25, 0.3) is 5.91 Å². The van der Waals surface area contributed by atoms with Gasteiger partial charge in [0.1, 0.15) is 11.6 Å². The van der Waals surface area contributed by atoms with E-state index in [1.54, 1.807) is 30.3 Å². The van der Waals surface area contributed by atoms with Crippen LogP contribution in [0, 0.1) is 11.6 Å². The summed E-state index contributed by atoms with van der Waals surface area (Å²) in [6.07, 6.45) is 0.0131. The van der Waals surface area contributed by atoms with Gasteiger partial charge < -0.3 is 9.74 Å². The van der Waals surface area contributed by atoms with Gasteiger partial charge in [0.15, 0.2) is 6.10 Å². The number of benzene rings is 3. The van der Waals surface area contributed by atoms with E-state index in [4.69, 9.17) is 28.0 Å². The van der Waals surface area contributed by atoms with Crippen molar-refractivity contribution in [2.75, 3.05) is 6.54 Å². The van der Waals surface area contributed by atoms with Crippen LogP contribution in [0.1, 0.15) is 27.9 Å². The third kappa shape index (κ3) is 5.26. The lowest BCUT2D eigenvalue weighted by Gasteiger charge is -2.25. The van der Waals surface area contributed by atoms with Crippen molar-refractivity contribution in [2.45, 2.75) is 19.1 Å². The van der Waals surface area contributed by atoms with Crippen LogP contribution in [0.3, 0.4) is 0 Å². The topological polar surface area (TPSA) is 41.9 Å². The molecule has 0 radical (unpaired) electrons. The van der Waals surface area contributed by atoms with Gasteiger partial charge in [-0.05, 0) is 48.0 Å². The van der Waals surface area contributed by atoms with Crippen LogP contribution >= 0.6 is 23.2 Å². The number of carbonyl (C=O) groups excluding carboxylic acids is 1. The summed E-state index contributed by atoms with van der Waals surface area (Å²) >= 11 is 12.1. The molecule has 1 aliphatic rings. The Morgan fingerprint density at radius 2 is 1.75 bits per heavy atom. The first-order valence-corrected chi connectivity index (χ1v) is 10.6. The Hall–Kier alpha value is -2.96. The molecule has 164 valence electrons. The minimum Gasteiger partial charge on any atom is -0.390 e. The van der Waals surface area contributed by atoms with Gasteiger partial charge in [0.2, 0.25) is 0 Å². The quantitative estimate of drug-likeness (QED) is 0.432. The fraction of sp³-hybridized carbons (Fsp3) is 0.167. The molecule has 1 heterocycles. The summed E-state index contributed by atoms with van der Waals surface area (Å²) in [4.78, 5) is 20.2. The monoisotopic (exact) mass is 474 g/mol. The van der Waals surface area contributed by atoms with E-state index >= 15 is 0 Å². The molecule has 0 aliphatic carbocycles. The maximum atomic E-state index is 13.7. The van der Waals surface area contributed by atoms with E-state index in [0.717, 1.165) is 5.56 Å². The highest BCUT2D eigenvalue weighted by molar-refractivity contribution is 6.42. The molecule has 0 spiro atoms. The summed E-state index contributed by atoms with van der Waals surface area (Å²) in [5.74, 6) is -1.30. The van der Waals surface area contributed by atoms with Gasteiger partial charge in [-0.15, -0.1) is 0 Å². The van der Waals surface area contributed by atoms with Crippen LogP contribution < -0.4 is 0 Å². The average molecular weight is 475 g/mol. The van der Waals surface area contributed by atoms with Crippen molar-refractivity contribution in [3.8, 4) is 0 Å². The highest BCUT2D eigenvalue weighted by Crippen LogP contribution is 2.26. The normalized spacial score (nSPS) is 15.2. The molecule has 0 unspecified atom stereocenters. The fourth-order valence-electron chi connectivity index (χ4n) is 3.50. The molecule has 0 fully saturated rings. The van der Waals surface area contributed by atoms with Crippen LogP contribution in [-0.4, -0.2) is 29.2 Å². The molecule has 1 amide bonds. The molecule has 1 aliphatic heterocycles. The highest BCUT2D eigenvalue weighted by atomic mass is 35.5. The van der Waals surface area contributed by atoms with Crippen molar-refractivity contribution in [1.82, 2.24) is 4.90 Å². The zero-order chi connectivity index (χ0) is 22.7. The van der Waals surface area contributed by atoms with Gasteiger partial charge in [-0.2, -0.15) is 0 Å². The first kappa shape index (κ1) is 22.2. The highest BCUT2D eigenvalue weighted by Gasteiger charge is 2.28. The van der Waals surface area contributed by atoms with Crippen LogP contribution in [0.4, 0.5) is 8.78 Å². The Labute approximate surface area is 194 Å². The van der Waals surface area contributed by atoms with E-state index in [1.165, 1.54) is 41.3 Å². The van der Waals surface area contributed by atoms with Crippen molar-refractivity contribution >= 4 is 34.8 Å². The number of halogens is 4. The van der Waals surface area contributed by atoms with Gasteiger partial charge in [-0.1, -0.05) is 52.6 Å². The number of nitrogens with zero attached hydrogens (tertiary/aromatic N) is 2. The lowest BCUT2D eigenvalue weighted by atomic mass is 10.0. The SMILES string of the molecule is O=C(c1cccc(F)c1)N(Cc1cccc(F)c1)C[C@H]1CC(c2ccc(Cl)c(Cl)c2)=NO1. The number of amides is 1. The maximum Gasteiger partial charge on any atom is 0.254 e. The number of hydrogen-bond donors (Lipinski definition) is 0. The van der Waals surface area contributed by atoms with Crippen molar-refractivity contribution in [3.63, 3.8) is 0 Å². The molecule has 0 saturated carbocycles. The molecule has 32 heavy (non-hydrogen) atoms. The van der Waals surface area contributed by atoms with E-state index in [9.17, 15) is 13.6 Å². The van der Waals surface area contributed by atoms with Crippen LogP contribution in [0.15, 0.2) is 71.9 Å². The number of oxime groups is 1. The van der Waals surface area contributed by atoms with Gasteiger partial charge in [-0.3, -0.25) is 4.79 Å². The molecule has 0 aromatic heterocycles. The zero-order valence-corrected chi connectivity index (χ0v) is 18.3. The van der Waals surface area contributed by atoms with E-state index in [0.29, 0.717) is 27.7 Å². The summed E-state index contributed by atoms with van der Waals surface area (Å²) in [5, 5.41) is 4.98. The Bertz CT molecular complexity index is 1190. The van der Waals surface area contributed by atoms with Gasteiger partial charge in [0.05, 0.1) is 22.3 Å². The van der Waals surface area contributed by atoms with E-state index in [-0.39, 0.29) is 24.6 Å². The second-order valence-electron chi connectivity index (χ2n) is 7.42. The summed E-state index contributed by atoms with van der Waals surface area (Å²) < 4.78 is 27.4. The molecular weight excluding hydrogens is 457 g/mol. The third-order valence-corrected chi connectivity index (χ3v) is 5.77. The lowest BCUT2D eigenvalue weighted by molar-refractivity contribution is 0.0404. The first-order valence-electron chi connectivity index (χ1n) is 9.86. The second-order valence-corrected chi connectivity index (χ2v) is 8.24. The Morgan fingerprint density at radius 3 is 2.47 bits per heavy atom. The molecule has 4 nitrogen and oxygen atoms in total. The lowest BCUT2D eigenvalue weighted by Crippen LogP contribution is -2.37. The smallest absolute Gasteiger partial charge is 0.254 e. The van der Waals surface area contributed by atoms with Crippen LogP contribution in [-0.2, 0) is 11.4 Å². The van der Waals surface area contributed by atoms with E-state index in [2.05, 4.69) is 5.16 Å². The van der Waals surface area contributed by atoms with Crippen LogP contribution in [0.2, 0.25) is 10.0 Å². The van der Waals surface area contributed by atoms with Gasteiger partial charge >= 0.3 is 0 Å². The van der Waals surface area contributed by atoms with Crippen molar-refractivity contribution < 1.29 is 18.4 Å². The summed E-state index contributed by atoms with van der Waals surface area (Å²) in [6.45, 7) is 0.315. The van der Waals surface area contributed by atoms with Crippen molar-refractivity contribution in [1.29, 1.82) is 0 Å². The number of rotatable bonds is 6. The van der Waals surface area contributed by atoms with E-state index < -0.39 is 17.7 Å². The van der Waals surface area contributed by atoms with Crippen molar-refractivity contribution in [3.05, 3.63) is 105 Å². The predicted octanol–water partition coefficient (Wildman–Crippen LogP) is 6.11. The number of carbonyl (C=O) groups is 1. The summed E-state index contributed by atoms with van der Waals surface area (Å²) in [6, 6.07) is 16.6. The Balaban J connectivity index is 1.52. The molecule has 0 bridgehead atoms. The van der Waals surface area contributed by atoms with Gasteiger partial charge in [-0.25, -0.2) is 8.78 Å². The minimum absolute atomic E-state index is 0.134. The molecule has 4 rings (SSSR count). The largest absolute Gasteiger partial charge is 0.390 e. The van der Waals surface area contributed by atoms with Crippen molar-refractivity contribution in [2.24, 2.45) is 5.16 Å². The fourth-order valence-corrected chi connectivity index (χ4v) is 3.80. The summed E-state index contributed by atoms with van der Waals surface area (Å²) in [7, 11) is 0. The van der Waals surface area contributed by atoms with E-state index in [1.807, 2.05) is 0 Å². The Kier molecular flexibility index (Phi) is 6.72. The average Bonchev–Trinajstić information content (AvgIpc) is 3.23. The van der Waals surface area contributed by atoms with Gasteiger partial charge in [0, 0.05) is 24.1 Å². The molecule has 0 saturated heterocycles. The molecule has 3 aromatic rings. The first-order chi connectivity index (χ1) is 15.4. The number of hydrogen-bond acceptors (Lipinski definition) is 3. The zero-order valence-electron chi connectivity index (χ0n) is 16.8. The molecule has 1 atom stereocenters. The summed E-state index contributed by atoms with van der Waals surface area (Å²) in [5.41, 5.74) is 2.26. The second kappa shape index (κ2) is 9.67. The predicted molar refractivity (Wildman–Crippen MR) is 120 cm³/mol. The maximum absolute atomic E-state index is 13.7. The standard InChI is InChI=1S/C24H18Cl2F2N2O2/c25-21-8-7-16(11-22(21)26)23-12-20(32-29-23)14-30(13-15-3-1-5-18(27)9-15)24(31)17-4-2-6-19(28)10-17/h1-11,20H,12-14H2/t20-/m1/s1. The molecule has 8 heteroatoms. The third-order valence-electron chi connectivity index (χ3n) is 5.03. The van der Waals surface area contributed by atoms with Crippen LogP contribution in [0.25, 0.3) is 0 Å². The molecule has 3 aromatic carbocycles. The minimum atomic E-state index is -0.510. The molecular formula is C24H18Cl2F2N2O2. The Morgan fingerprint density at radius 1 is 1.00 bits per heavy atom. The molecule has 0 N–H and O–H groups in total.